The maximum Gasteiger partial charge on any atom is 0.241 e. The number of nitrogens with zero attached hydrogens (tertiary/aromatic N) is 1. The van der Waals surface area contributed by atoms with E-state index >= 15 is 0 Å². The lowest BCUT2D eigenvalue weighted by molar-refractivity contribution is -0.118. The van der Waals surface area contributed by atoms with Gasteiger partial charge in [-0.05, 0) is 25.0 Å². The van der Waals surface area contributed by atoms with Crippen LogP contribution in [0.2, 0.25) is 0 Å². The van der Waals surface area contributed by atoms with Crippen molar-refractivity contribution in [3.05, 3.63) is 24.0 Å². The van der Waals surface area contributed by atoms with Crippen LogP contribution in [0.25, 0.3) is 0 Å². The normalized spacial score (nSPS) is 12.6. The fraction of sp³-hybridized carbons (Fsp3) is 0.455. The molecule has 0 aliphatic rings. The molecule has 1 rings (SSSR count). The number of carbonyl (C=O) groups is 1. The summed E-state index contributed by atoms with van der Waals surface area (Å²) >= 11 is 0. The molecule has 0 aliphatic carbocycles. The van der Waals surface area contributed by atoms with Gasteiger partial charge >= 0.3 is 0 Å². The predicted octanol–water partition coefficient (Wildman–Crippen LogP) is 1.31. The molecule has 0 spiro atoms. The van der Waals surface area contributed by atoms with Crippen LogP contribution in [0.5, 0.6) is 0 Å². The highest BCUT2D eigenvalue weighted by Crippen LogP contribution is 2.11. The number of nitrogens with two attached hydrogens (primary N) is 1. The summed E-state index contributed by atoms with van der Waals surface area (Å²) in [5.74, 6) is -0.0388. The summed E-state index contributed by atoms with van der Waals surface area (Å²) in [6.45, 7) is 5.68. The van der Waals surface area contributed by atoms with E-state index in [2.05, 4.69) is 10.3 Å². The molecule has 15 heavy (non-hydrogen) atoms. The first-order valence-corrected chi connectivity index (χ1v) is 5.00. The standard InChI is InChI=1S/C11H17N3O/c1-7(2)10(12)11(15)14-9-5-4-6-13-8(9)3/h4-7,10H,12H2,1-3H3,(H,14,15). The molecule has 1 atom stereocenters. The lowest BCUT2D eigenvalue weighted by Crippen LogP contribution is -2.39. The van der Waals surface area contributed by atoms with Crippen molar-refractivity contribution in [3.63, 3.8) is 0 Å². The second kappa shape index (κ2) is 4.89. The number of nitrogens with one attached hydrogen (secondary N) is 1. The van der Waals surface area contributed by atoms with Crippen molar-refractivity contribution in [3.8, 4) is 0 Å². The quantitative estimate of drug-likeness (QED) is 0.785. The molecule has 3 N–H and O–H groups in total. The summed E-state index contributed by atoms with van der Waals surface area (Å²) in [6, 6.07) is 3.11. The van der Waals surface area contributed by atoms with Gasteiger partial charge in [0.1, 0.15) is 0 Å². The van der Waals surface area contributed by atoms with Gasteiger partial charge in [0.05, 0.1) is 17.4 Å². The summed E-state index contributed by atoms with van der Waals surface area (Å²) in [4.78, 5) is 15.7. The maximum atomic E-state index is 11.6. The van der Waals surface area contributed by atoms with Crippen LogP contribution in [0.15, 0.2) is 18.3 Å². The molecule has 0 fully saturated rings. The van der Waals surface area contributed by atoms with E-state index in [1.807, 2.05) is 26.8 Å². The van der Waals surface area contributed by atoms with Gasteiger partial charge in [0.25, 0.3) is 0 Å². The van der Waals surface area contributed by atoms with Crippen molar-refractivity contribution in [1.82, 2.24) is 4.98 Å². The van der Waals surface area contributed by atoms with Crippen molar-refractivity contribution in [2.75, 3.05) is 5.32 Å². The SMILES string of the molecule is Cc1ncccc1NC(=O)C(N)C(C)C. The van der Waals surface area contributed by atoms with E-state index in [9.17, 15) is 4.79 Å². The van der Waals surface area contributed by atoms with E-state index in [4.69, 9.17) is 5.73 Å². The van der Waals surface area contributed by atoms with Crippen molar-refractivity contribution in [2.45, 2.75) is 26.8 Å². The predicted molar refractivity (Wildman–Crippen MR) is 60.4 cm³/mol. The molecule has 0 saturated heterocycles. The molecular formula is C11H17N3O. The highest BCUT2D eigenvalue weighted by atomic mass is 16.2. The third-order valence-corrected chi connectivity index (χ3v) is 2.29. The zero-order valence-electron chi connectivity index (χ0n) is 9.32. The number of anilines is 1. The minimum absolute atomic E-state index is 0.127. The molecule has 1 unspecified atom stereocenters. The molecule has 0 bridgehead atoms. The Morgan fingerprint density at radius 2 is 2.20 bits per heavy atom. The van der Waals surface area contributed by atoms with Gasteiger partial charge in [0.15, 0.2) is 0 Å². The van der Waals surface area contributed by atoms with Crippen LogP contribution in [-0.2, 0) is 4.79 Å². The third kappa shape index (κ3) is 3.02. The minimum atomic E-state index is -0.482. The second-order valence-corrected chi connectivity index (χ2v) is 3.90. The van der Waals surface area contributed by atoms with Gasteiger partial charge in [0, 0.05) is 6.20 Å². The monoisotopic (exact) mass is 207 g/mol. The zero-order chi connectivity index (χ0) is 11.4. The van der Waals surface area contributed by atoms with Gasteiger partial charge in [-0.1, -0.05) is 13.8 Å². The summed E-state index contributed by atoms with van der Waals surface area (Å²) in [7, 11) is 0. The first-order valence-electron chi connectivity index (χ1n) is 5.00. The van der Waals surface area contributed by atoms with Crippen LogP contribution in [0, 0.1) is 12.8 Å². The van der Waals surface area contributed by atoms with E-state index in [-0.39, 0.29) is 11.8 Å². The van der Waals surface area contributed by atoms with Gasteiger partial charge in [-0.15, -0.1) is 0 Å². The number of pyridine rings is 1. The molecule has 4 heteroatoms. The largest absolute Gasteiger partial charge is 0.323 e. The van der Waals surface area contributed by atoms with Gasteiger partial charge in [-0.25, -0.2) is 0 Å². The topological polar surface area (TPSA) is 68.0 Å². The molecule has 0 aliphatic heterocycles. The fourth-order valence-corrected chi connectivity index (χ4v) is 1.14. The molecule has 82 valence electrons. The highest BCUT2D eigenvalue weighted by molar-refractivity contribution is 5.95. The molecule has 1 aromatic heterocycles. The van der Waals surface area contributed by atoms with Crippen LogP contribution >= 0.6 is 0 Å². The highest BCUT2D eigenvalue weighted by Gasteiger charge is 2.17. The Bertz CT molecular complexity index is 349. The van der Waals surface area contributed by atoms with Gasteiger partial charge in [-0.2, -0.15) is 0 Å². The van der Waals surface area contributed by atoms with E-state index in [0.717, 1.165) is 11.4 Å². The Kier molecular flexibility index (Phi) is 3.80. The maximum absolute atomic E-state index is 11.6. The Labute approximate surface area is 89.9 Å². The van der Waals surface area contributed by atoms with E-state index in [1.165, 1.54) is 0 Å². The van der Waals surface area contributed by atoms with E-state index < -0.39 is 6.04 Å². The molecule has 4 nitrogen and oxygen atoms in total. The van der Waals surface area contributed by atoms with Crippen molar-refractivity contribution < 1.29 is 4.79 Å². The summed E-state index contributed by atoms with van der Waals surface area (Å²) < 4.78 is 0. The van der Waals surface area contributed by atoms with E-state index in [0.29, 0.717) is 0 Å². The smallest absolute Gasteiger partial charge is 0.241 e. The van der Waals surface area contributed by atoms with Gasteiger partial charge < -0.3 is 11.1 Å². The molecule has 1 amide bonds. The Hall–Kier alpha value is -1.42. The molecule has 1 aromatic rings. The average Bonchev–Trinajstić information content (AvgIpc) is 2.20. The van der Waals surface area contributed by atoms with Crippen LogP contribution in [-0.4, -0.2) is 16.9 Å². The minimum Gasteiger partial charge on any atom is -0.323 e. The molecule has 1 heterocycles. The lowest BCUT2D eigenvalue weighted by atomic mass is 10.0. The second-order valence-electron chi connectivity index (χ2n) is 3.90. The fourth-order valence-electron chi connectivity index (χ4n) is 1.14. The summed E-state index contributed by atoms with van der Waals surface area (Å²) in [5, 5.41) is 2.76. The van der Waals surface area contributed by atoms with Crippen LogP contribution in [0.4, 0.5) is 5.69 Å². The van der Waals surface area contributed by atoms with Crippen molar-refractivity contribution in [2.24, 2.45) is 11.7 Å². The lowest BCUT2D eigenvalue weighted by Gasteiger charge is -2.15. The molecule has 0 aromatic carbocycles. The molecule has 0 radical (unpaired) electrons. The summed E-state index contributed by atoms with van der Waals surface area (Å²) in [6.07, 6.45) is 1.69. The Balaban J connectivity index is 2.71. The number of amides is 1. The van der Waals surface area contributed by atoms with Crippen LogP contribution < -0.4 is 11.1 Å². The van der Waals surface area contributed by atoms with Gasteiger partial charge in [-0.3, -0.25) is 9.78 Å². The van der Waals surface area contributed by atoms with Crippen LogP contribution in [0.3, 0.4) is 0 Å². The summed E-state index contributed by atoms with van der Waals surface area (Å²) in [5.41, 5.74) is 7.24. The number of aromatic nitrogens is 1. The number of aryl methyl sites for hydroxylation is 1. The number of carbonyl (C=O) groups excluding carboxylic acids is 1. The first kappa shape index (κ1) is 11.7. The van der Waals surface area contributed by atoms with E-state index in [1.54, 1.807) is 12.3 Å². The number of hydrogen-bond donors (Lipinski definition) is 2. The third-order valence-electron chi connectivity index (χ3n) is 2.29. The van der Waals surface area contributed by atoms with Crippen LogP contribution in [0.1, 0.15) is 19.5 Å². The Morgan fingerprint density at radius 3 is 2.73 bits per heavy atom. The Morgan fingerprint density at radius 1 is 1.53 bits per heavy atom. The molecular weight excluding hydrogens is 190 g/mol. The number of rotatable bonds is 3. The van der Waals surface area contributed by atoms with Crippen molar-refractivity contribution in [1.29, 1.82) is 0 Å². The average molecular weight is 207 g/mol. The first-order chi connectivity index (χ1) is 7.02. The van der Waals surface area contributed by atoms with Crippen molar-refractivity contribution >= 4 is 11.6 Å². The zero-order valence-corrected chi connectivity index (χ0v) is 9.32. The number of hydrogen-bond acceptors (Lipinski definition) is 3. The van der Waals surface area contributed by atoms with Gasteiger partial charge in [0.2, 0.25) is 5.91 Å². The molecule has 0 saturated carbocycles.